The predicted octanol–water partition coefficient (Wildman–Crippen LogP) is 5.41. The SMILES string of the molecule is CCCNC(c1ccc(C2CCC2)cc1)c1cscc1C. The molecule has 112 valence electrons. The van der Waals surface area contributed by atoms with Crippen molar-refractivity contribution in [2.75, 3.05) is 6.54 Å². The van der Waals surface area contributed by atoms with Crippen LogP contribution in [0.1, 0.15) is 66.8 Å². The molecule has 1 unspecified atom stereocenters. The van der Waals surface area contributed by atoms with Gasteiger partial charge >= 0.3 is 0 Å². The molecular formula is C19H25NS. The van der Waals surface area contributed by atoms with Crippen LogP contribution >= 0.6 is 11.3 Å². The van der Waals surface area contributed by atoms with Gasteiger partial charge < -0.3 is 5.32 Å². The van der Waals surface area contributed by atoms with Gasteiger partial charge in [-0.2, -0.15) is 11.3 Å². The summed E-state index contributed by atoms with van der Waals surface area (Å²) in [5.41, 5.74) is 5.76. The van der Waals surface area contributed by atoms with Crippen molar-refractivity contribution in [3.63, 3.8) is 0 Å². The summed E-state index contributed by atoms with van der Waals surface area (Å²) in [7, 11) is 0. The number of hydrogen-bond acceptors (Lipinski definition) is 2. The highest BCUT2D eigenvalue weighted by atomic mass is 32.1. The zero-order chi connectivity index (χ0) is 14.7. The molecule has 1 aromatic carbocycles. The summed E-state index contributed by atoms with van der Waals surface area (Å²) < 4.78 is 0. The average Bonchev–Trinajstić information content (AvgIpc) is 2.85. The molecule has 21 heavy (non-hydrogen) atoms. The first kappa shape index (κ1) is 14.8. The lowest BCUT2D eigenvalue weighted by Gasteiger charge is -2.26. The van der Waals surface area contributed by atoms with Crippen LogP contribution in [0, 0.1) is 6.92 Å². The van der Waals surface area contributed by atoms with E-state index in [1.54, 1.807) is 11.3 Å². The summed E-state index contributed by atoms with van der Waals surface area (Å²) in [4.78, 5) is 0. The summed E-state index contributed by atoms with van der Waals surface area (Å²) in [5, 5.41) is 8.26. The number of rotatable bonds is 6. The Bertz CT molecular complexity index is 566. The molecular weight excluding hydrogens is 274 g/mol. The highest BCUT2D eigenvalue weighted by molar-refractivity contribution is 7.08. The van der Waals surface area contributed by atoms with Crippen molar-refractivity contribution in [3.05, 3.63) is 57.3 Å². The van der Waals surface area contributed by atoms with E-state index >= 15 is 0 Å². The predicted molar refractivity (Wildman–Crippen MR) is 92.2 cm³/mol. The van der Waals surface area contributed by atoms with E-state index in [4.69, 9.17) is 0 Å². The third-order valence-corrected chi connectivity index (χ3v) is 5.53. The van der Waals surface area contributed by atoms with Gasteiger partial charge in [0.25, 0.3) is 0 Å². The Morgan fingerprint density at radius 2 is 1.95 bits per heavy atom. The Morgan fingerprint density at radius 1 is 1.19 bits per heavy atom. The minimum atomic E-state index is 0.339. The number of hydrogen-bond donors (Lipinski definition) is 1. The lowest BCUT2D eigenvalue weighted by Crippen LogP contribution is -2.23. The van der Waals surface area contributed by atoms with Gasteiger partial charge in [0.15, 0.2) is 0 Å². The quantitative estimate of drug-likeness (QED) is 0.751. The van der Waals surface area contributed by atoms with E-state index in [0.717, 1.165) is 12.5 Å². The molecule has 1 nitrogen and oxygen atoms in total. The lowest BCUT2D eigenvalue weighted by atomic mass is 9.79. The maximum absolute atomic E-state index is 3.71. The van der Waals surface area contributed by atoms with Gasteiger partial charge in [-0.05, 0) is 71.7 Å². The molecule has 1 aromatic heterocycles. The topological polar surface area (TPSA) is 12.0 Å². The molecule has 1 saturated carbocycles. The zero-order valence-corrected chi connectivity index (χ0v) is 13.9. The van der Waals surface area contributed by atoms with Crippen LogP contribution < -0.4 is 5.32 Å². The fourth-order valence-electron chi connectivity index (χ4n) is 3.06. The van der Waals surface area contributed by atoms with Gasteiger partial charge in [-0.3, -0.25) is 0 Å². The average molecular weight is 299 g/mol. The zero-order valence-electron chi connectivity index (χ0n) is 13.1. The Morgan fingerprint density at radius 3 is 2.48 bits per heavy atom. The van der Waals surface area contributed by atoms with Crippen molar-refractivity contribution >= 4 is 11.3 Å². The van der Waals surface area contributed by atoms with E-state index in [2.05, 4.69) is 54.2 Å². The molecule has 0 aliphatic heterocycles. The number of benzene rings is 1. The molecule has 2 aromatic rings. The van der Waals surface area contributed by atoms with Crippen LogP contribution in [0.25, 0.3) is 0 Å². The molecule has 1 N–H and O–H groups in total. The van der Waals surface area contributed by atoms with E-state index < -0.39 is 0 Å². The molecule has 1 aliphatic carbocycles. The van der Waals surface area contributed by atoms with Crippen LogP contribution in [-0.4, -0.2) is 6.54 Å². The third kappa shape index (κ3) is 3.22. The lowest BCUT2D eigenvalue weighted by molar-refractivity contribution is 0.419. The molecule has 3 rings (SSSR count). The van der Waals surface area contributed by atoms with E-state index in [0.29, 0.717) is 6.04 Å². The fraction of sp³-hybridized carbons (Fsp3) is 0.474. The van der Waals surface area contributed by atoms with Crippen molar-refractivity contribution in [2.24, 2.45) is 0 Å². The maximum Gasteiger partial charge on any atom is 0.0587 e. The molecule has 0 spiro atoms. The molecule has 1 atom stereocenters. The van der Waals surface area contributed by atoms with Gasteiger partial charge in [0.05, 0.1) is 6.04 Å². The van der Waals surface area contributed by atoms with Crippen LogP contribution in [-0.2, 0) is 0 Å². The van der Waals surface area contributed by atoms with E-state index in [1.165, 1.54) is 47.9 Å². The first-order valence-corrected chi connectivity index (χ1v) is 9.09. The highest BCUT2D eigenvalue weighted by Gasteiger charge is 2.20. The minimum absolute atomic E-state index is 0.339. The van der Waals surface area contributed by atoms with Crippen molar-refractivity contribution in [2.45, 2.75) is 51.5 Å². The van der Waals surface area contributed by atoms with Crippen LogP contribution in [0.3, 0.4) is 0 Å². The summed E-state index contributed by atoms with van der Waals surface area (Å²) in [6, 6.07) is 9.70. The Balaban J connectivity index is 1.83. The van der Waals surface area contributed by atoms with E-state index in [-0.39, 0.29) is 0 Å². The van der Waals surface area contributed by atoms with Crippen LogP contribution in [0.2, 0.25) is 0 Å². The normalized spacial score (nSPS) is 16.7. The first-order chi connectivity index (χ1) is 10.3. The summed E-state index contributed by atoms with van der Waals surface area (Å²) in [5.74, 6) is 0.823. The largest absolute Gasteiger partial charge is 0.306 e. The van der Waals surface area contributed by atoms with Gasteiger partial charge in [-0.1, -0.05) is 37.6 Å². The van der Waals surface area contributed by atoms with Gasteiger partial charge in [0, 0.05) is 0 Å². The van der Waals surface area contributed by atoms with Crippen molar-refractivity contribution < 1.29 is 0 Å². The molecule has 0 bridgehead atoms. The van der Waals surface area contributed by atoms with Gasteiger partial charge in [0.1, 0.15) is 0 Å². The number of thiophene rings is 1. The van der Waals surface area contributed by atoms with Crippen molar-refractivity contribution in [1.82, 2.24) is 5.32 Å². The number of nitrogens with one attached hydrogen (secondary N) is 1. The molecule has 0 radical (unpaired) electrons. The van der Waals surface area contributed by atoms with Gasteiger partial charge in [-0.15, -0.1) is 0 Å². The smallest absolute Gasteiger partial charge is 0.0587 e. The highest BCUT2D eigenvalue weighted by Crippen LogP contribution is 2.37. The first-order valence-electron chi connectivity index (χ1n) is 8.15. The molecule has 1 fully saturated rings. The third-order valence-electron chi connectivity index (χ3n) is 4.65. The van der Waals surface area contributed by atoms with Crippen molar-refractivity contribution in [3.8, 4) is 0 Å². The minimum Gasteiger partial charge on any atom is -0.306 e. The monoisotopic (exact) mass is 299 g/mol. The molecule has 0 amide bonds. The molecule has 2 heteroatoms. The molecule has 1 aliphatic rings. The van der Waals surface area contributed by atoms with Crippen LogP contribution in [0.15, 0.2) is 35.0 Å². The van der Waals surface area contributed by atoms with Crippen LogP contribution in [0.5, 0.6) is 0 Å². The fourth-order valence-corrected chi connectivity index (χ4v) is 3.94. The van der Waals surface area contributed by atoms with Crippen molar-refractivity contribution in [1.29, 1.82) is 0 Å². The Kier molecular flexibility index (Phi) is 4.77. The second-order valence-corrected chi connectivity index (χ2v) is 6.94. The molecule has 0 saturated heterocycles. The van der Waals surface area contributed by atoms with E-state index in [9.17, 15) is 0 Å². The van der Waals surface area contributed by atoms with Crippen LogP contribution in [0.4, 0.5) is 0 Å². The second-order valence-electron chi connectivity index (χ2n) is 6.19. The summed E-state index contributed by atoms with van der Waals surface area (Å²) >= 11 is 1.80. The summed E-state index contributed by atoms with van der Waals surface area (Å²) in [6.45, 7) is 5.50. The van der Waals surface area contributed by atoms with E-state index in [1.807, 2.05) is 0 Å². The Labute approximate surface area is 132 Å². The standard InChI is InChI=1S/C19H25NS/c1-3-11-20-19(18-13-21-12-14(18)2)17-9-7-16(8-10-17)15-5-4-6-15/h7-10,12-13,15,19-20H,3-6,11H2,1-2H3. The second kappa shape index (κ2) is 6.76. The Hall–Kier alpha value is -1.12. The summed E-state index contributed by atoms with van der Waals surface area (Å²) in [6.07, 6.45) is 5.32. The van der Waals surface area contributed by atoms with Gasteiger partial charge in [-0.25, -0.2) is 0 Å². The molecule has 1 heterocycles. The number of aryl methyl sites for hydroxylation is 1. The maximum atomic E-state index is 3.71. The van der Waals surface area contributed by atoms with Gasteiger partial charge in [0.2, 0.25) is 0 Å².